The van der Waals surface area contributed by atoms with Crippen LogP contribution >= 0.6 is 0 Å². The first-order chi connectivity index (χ1) is 16.1. The Labute approximate surface area is 194 Å². The van der Waals surface area contributed by atoms with Crippen LogP contribution in [0.5, 0.6) is 11.5 Å². The van der Waals surface area contributed by atoms with Crippen molar-refractivity contribution in [2.45, 2.75) is 32.8 Å². The molecule has 0 saturated heterocycles. The predicted octanol–water partition coefficient (Wildman–Crippen LogP) is 5.80. The van der Waals surface area contributed by atoms with Crippen molar-refractivity contribution in [3.63, 3.8) is 0 Å². The van der Waals surface area contributed by atoms with Gasteiger partial charge >= 0.3 is 5.97 Å². The van der Waals surface area contributed by atoms with Crippen molar-refractivity contribution in [3.8, 4) is 11.5 Å². The second-order valence-corrected chi connectivity index (χ2v) is 7.34. The van der Waals surface area contributed by atoms with E-state index < -0.39 is 18.0 Å². The van der Waals surface area contributed by atoms with Gasteiger partial charge in [-0.15, -0.1) is 0 Å². The fourth-order valence-electron chi connectivity index (χ4n) is 3.15. The zero-order chi connectivity index (χ0) is 23.5. The van der Waals surface area contributed by atoms with Gasteiger partial charge in [0.25, 0.3) is 5.91 Å². The van der Waals surface area contributed by atoms with E-state index in [-0.39, 0.29) is 0 Å². The second kappa shape index (κ2) is 12.3. The highest BCUT2D eigenvalue weighted by Crippen LogP contribution is 2.27. The Morgan fingerprint density at radius 1 is 0.848 bits per heavy atom. The Morgan fingerprint density at radius 2 is 1.55 bits per heavy atom. The van der Waals surface area contributed by atoms with Gasteiger partial charge in [0.05, 0.1) is 24.5 Å². The first-order valence-corrected chi connectivity index (χ1v) is 11.1. The summed E-state index contributed by atoms with van der Waals surface area (Å²) in [6.07, 6.45) is 0.876. The third kappa shape index (κ3) is 6.84. The molecule has 0 unspecified atom stereocenters. The molecule has 3 aromatic rings. The molecule has 0 aliphatic carbocycles. The lowest BCUT2D eigenvalue weighted by Gasteiger charge is -2.19. The van der Waals surface area contributed by atoms with Crippen molar-refractivity contribution in [1.29, 1.82) is 0 Å². The van der Waals surface area contributed by atoms with Gasteiger partial charge in [0.2, 0.25) is 6.10 Å². The van der Waals surface area contributed by atoms with Crippen LogP contribution in [0.2, 0.25) is 0 Å². The zero-order valence-electron chi connectivity index (χ0n) is 19.0. The minimum absolute atomic E-state index is 0.335. The topological polar surface area (TPSA) is 73.9 Å². The smallest absolute Gasteiger partial charge is 0.339 e. The highest BCUT2D eigenvalue weighted by Gasteiger charge is 2.26. The van der Waals surface area contributed by atoms with Gasteiger partial charge < -0.3 is 19.5 Å². The van der Waals surface area contributed by atoms with Crippen LogP contribution in [0.3, 0.4) is 0 Å². The largest absolute Gasteiger partial charge is 0.494 e. The SMILES string of the molecule is CCCCOc1ccc(C(=O)O[C@@H](C(=O)Nc2ccccc2OCC)c2ccccc2)cc1. The van der Waals surface area contributed by atoms with E-state index in [9.17, 15) is 9.59 Å². The monoisotopic (exact) mass is 447 g/mol. The van der Waals surface area contributed by atoms with E-state index in [0.29, 0.717) is 41.5 Å². The van der Waals surface area contributed by atoms with Crippen LogP contribution in [0.1, 0.15) is 48.7 Å². The van der Waals surface area contributed by atoms with Gasteiger partial charge in [-0.3, -0.25) is 4.79 Å². The quantitative estimate of drug-likeness (QED) is 0.297. The predicted molar refractivity (Wildman–Crippen MR) is 128 cm³/mol. The number of carbonyl (C=O) groups is 2. The van der Waals surface area contributed by atoms with Crippen molar-refractivity contribution < 1.29 is 23.8 Å². The lowest BCUT2D eigenvalue weighted by molar-refractivity contribution is -0.125. The van der Waals surface area contributed by atoms with Crippen LogP contribution in [0.25, 0.3) is 0 Å². The molecule has 0 heterocycles. The Morgan fingerprint density at radius 3 is 2.24 bits per heavy atom. The summed E-state index contributed by atoms with van der Waals surface area (Å²) in [6.45, 7) is 5.05. The van der Waals surface area contributed by atoms with Crippen molar-refractivity contribution in [3.05, 3.63) is 90.0 Å². The Kier molecular flexibility index (Phi) is 8.88. The van der Waals surface area contributed by atoms with Crippen molar-refractivity contribution >= 4 is 17.6 Å². The number of ether oxygens (including phenoxy) is 3. The number of rotatable bonds is 11. The summed E-state index contributed by atoms with van der Waals surface area (Å²) in [5.41, 5.74) is 1.41. The number of esters is 1. The maximum atomic E-state index is 13.2. The number of para-hydroxylation sites is 2. The summed E-state index contributed by atoms with van der Waals surface area (Å²) in [6, 6.07) is 22.8. The summed E-state index contributed by atoms with van der Waals surface area (Å²) < 4.78 is 16.9. The van der Waals surface area contributed by atoms with Crippen molar-refractivity contribution in [2.24, 2.45) is 0 Å². The van der Waals surface area contributed by atoms with Crippen LogP contribution in [0, 0.1) is 0 Å². The molecule has 1 N–H and O–H groups in total. The average Bonchev–Trinajstić information content (AvgIpc) is 2.85. The minimum atomic E-state index is -1.13. The van der Waals surface area contributed by atoms with Gasteiger partial charge in [0.1, 0.15) is 11.5 Å². The van der Waals surface area contributed by atoms with E-state index in [1.54, 1.807) is 66.7 Å². The molecule has 6 heteroatoms. The molecule has 0 aliphatic rings. The molecule has 0 fully saturated rings. The van der Waals surface area contributed by atoms with Gasteiger partial charge in [0, 0.05) is 5.56 Å². The Hall–Kier alpha value is -3.80. The third-order valence-electron chi connectivity index (χ3n) is 4.87. The second-order valence-electron chi connectivity index (χ2n) is 7.34. The molecule has 172 valence electrons. The number of hydrogen-bond acceptors (Lipinski definition) is 5. The molecule has 0 saturated carbocycles. The molecule has 3 aromatic carbocycles. The summed E-state index contributed by atoms with van der Waals surface area (Å²) in [4.78, 5) is 26.0. The van der Waals surface area contributed by atoms with Crippen LogP contribution in [0.4, 0.5) is 5.69 Å². The van der Waals surface area contributed by atoms with Crippen LogP contribution in [-0.2, 0) is 9.53 Å². The molecular formula is C27H29NO5. The van der Waals surface area contributed by atoms with E-state index in [4.69, 9.17) is 14.2 Å². The third-order valence-corrected chi connectivity index (χ3v) is 4.87. The number of carbonyl (C=O) groups excluding carboxylic acids is 2. The molecule has 1 atom stereocenters. The Bertz CT molecular complexity index is 1030. The summed E-state index contributed by atoms with van der Waals surface area (Å²) in [7, 11) is 0. The molecule has 3 rings (SSSR count). The summed E-state index contributed by atoms with van der Waals surface area (Å²) >= 11 is 0. The van der Waals surface area contributed by atoms with E-state index >= 15 is 0 Å². The Balaban J connectivity index is 1.76. The van der Waals surface area contributed by atoms with Crippen LogP contribution in [-0.4, -0.2) is 25.1 Å². The molecule has 0 aliphatic heterocycles. The first-order valence-electron chi connectivity index (χ1n) is 11.1. The summed E-state index contributed by atoms with van der Waals surface area (Å²) in [5, 5.41) is 2.83. The van der Waals surface area contributed by atoms with E-state index in [2.05, 4.69) is 12.2 Å². The zero-order valence-corrected chi connectivity index (χ0v) is 19.0. The van der Waals surface area contributed by atoms with Gasteiger partial charge in [-0.2, -0.15) is 0 Å². The van der Waals surface area contributed by atoms with Crippen molar-refractivity contribution in [1.82, 2.24) is 0 Å². The highest BCUT2D eigenvalue weighted by atomic mass is 16.5. The number of unbranched alkanes of at least 4 members (excludes halogenated alkanes) is 1. The maximum Gasteiger partial charge on any atom is 0.339 e. The number of anilines is 1. The lowest BCUT2D eigenvalue weighted by atomic mass is 10.1. The number of amides is 1. The molecule has 0 aromatic heterocycles. The van der Waals surface area contributed by atoms with Crippen molar-refractivity contribution in [2.75, 3.05) is 18.5 Å². The highest BCUT2D eigenvalue weighted by molar-refractivity contribution is 5.99. The molecule has 0 radical (unpaired) electrons. The lowest BCUT2D eigenvalue weighted by Crippen LogP contribution is -2.26. The average molecular weight is 448 g/mol. The fourth-order valence-corrected chi connectivity index (χ4v) is 3.15. The maximum absolute atomic E-state index is 13.2. The van der Waals surface area contributed by atoms with Crippen LogP contribution < -0.4 is 14.8 Å². The van der Waals surface area contributed by atoms with Gasteiger partial charge in [0.15, 0.2) is 0 Å². The number of nitrogens with one attached hydrogen (secondary N) is 1. The standard InChI is InChI=1S/C27H29NO5/c1-3-5-19-32-22-17-15-21(16-18-22)27(30)33-25(20-11-7-6-8-12-20)26(29)28-23-13-9-10-14-24(23)31-4-2/h6-18,25H,3-5,19H2,1-2H3,(H,28,29)/t25-/m1/s1. The number of hydrogen-bond donors (Lipinski definition) is 1. The molecule has 0 bridgehead atoms. The molecule has 6 nitrogen and oxygen atoms in total. The minimum Gasteiger partial charge on any atom is -0.494 e. The van der Waals surface area contributed by atoms with Gasteiger partial charge in [-0.1, -0.05) is 55.8 Å². The van der Waals surface area contributed by atoms with E-state index in [1.165, 1.54) is 0 Å². The number of benzene rings is 3. The van der Waals surface area contributed by atoms with Crippen LogP contribution in [0.15, 0.2) is 78.9 Å². The molecule has 1 amide bonds. The molecular weight excluding hydrogens is 418 g/mol. The van der Waals surface area contributed by atoms with E-state index in [1.807, 2.05) is 19.1 Å². The molecule has 33 heavy (non-hydrogen) atoms. The van der Waals surface area contributed by atoms with Gasteiger partial charge in [-0.05, 0) is 49.7 Å². The first kappa shape index (κ1) is 23.9. The molecule has 0 spiro atoms. The van der Waals surface area contributed by atoms with Gasteiger partial charge in [-0.25, -0.2) is 4.79 Å². The summed E-state index contributed by atoms with van der Waals surface area (Å²) in [5.74, 6) is 0.161. The van der Waals surface area contributed by atoms with E-state index in [0.717, 1.165) is 12.8 Å². The normalized spacial score (nSPS) is 11.3. The fraction of sp³-hybridized carbons (Fsp3) is 0.259.